The van der Waals surface area contributed by atoms with Gasteiger partial charge in [0.2, 0.25) is 0 Å². The highest BCUT2D eigenvalue weighted by Gasteiger charge is 2.16. The molecule has 3 nitrogen and oxygen atoms in total. The van der Waals surface area contributed by atoms with Gasteiger partial charge in [-0.05, 0) is 75.5 Å². The molecule has 3 heteroatoms. The lowest BCUT2D eigenvalue weighted by molar-refractivity contribution is 0.669. The van der Waals surface area contributed by atoms with Crippen molar-refractivity contribution in [1.29, 1.82) is 0 Å². The lowest BCUT2D eigenvalue weighted by Crippen LogP contribution is -1.97. The summed E-state index contributed by atoms with van der Waals surface area (Å²) in [7, 11) is 0. The van der Waals surface area contributed by atoms with E-state index >= 15 is 0 Å². The zero-order valence-electron chi connectivity index (χ0n) is 25.5. The summed E-state index contributed by atoms with van der Waals surface area (Å²) in [6.07, 6.45) is 0. The molecule has 9 aromatic rings. The van der Waals surface area contributed by atoms with E-state index in [9.17, 15) is 0 Å². The van der Waals surface area contributed by atoms with Crippen molar-refractivity contribution >= 4 is 32.7 Å². The third kappa shape index (κ3) is 4.95. The minimum absolute atomic E-state index is 0.705. The van der Waals surface area contributed by atoms with Gasteiger partial charge >= 0.3 is 0 Å². The molecule has 220 valence electrons. The van der Waals surface area contributed by atoms with Crippen LogP contribution in [0.4, 0.5) is 0 Å². The van der Waals surface area contributed by atoms with Gasteiger partial charge in [-0.1, -0.05) is 127 Å². The third-order valence-electron chi connectivity index (χ3n) is 8.87. The van der Waals surface area contributed by atoms with Crippen LogP contribution in [0.2, 0.25) is 0 Å². The van der Waals surface area contributed by atoms with Crippen LogP contribution < -0.4 is 0 Å². The first-order valence-corrected chi connectivity index (χ1v) is 15.8. The Bertz CT molecular complexity index is 2560. The van der Waals surface area contributed by atoms with Crippen LogP contribution in [0.25, 0.3) is 88.9 Å². The molecule has 0 bridgehead atoms. The SMILES string of the molecule is c1ccc(-c2cc(-c3ccc4oc5ccccc5c4c3)cc(-c3cc(-c4ccccc4)nc(-c4cccc5ccccc45)n3)c2)cc1. The normalized spacial score (nSPS) is 11.4. The predicted octanol–water partition coefficient (Wildman–Crippen LogP) is 11.9. The molecule has 2 heterocycles. The fraction of sp³-hybridized carbons (Fsp3) is 0. The number of hydrogen-bond acceptors (Lipinski definition) is 3. The van der Waals surface area contributed by atoms with E-state index < -0.39 is 0 Å². The Kier molecular flexibility index (Phi) is 6.46. The number of furan rings is 1. The van der Waals surface area contributed by atoms with Crippen LogP contribution in [-0.4, -0.2) is 9.97 Å². The summed E-state index contributed by atoms with van der Waals surface area (Å²) < 4.78 is 6.15. The zero-order valence-corrected chi connectivity index (χ0v) is 25.5. The number of aromatic nitrogens is 2. The molecule has 0 saturated heterocycles. The Balaban J connectivity index is 1.28. The van der Waals surface area contributed by atoms with Crippen molar-refractivity contribution in [2.45, 2.75) is 0 Å². The molecular formula is C44H28N2O. The minimum atomic E-state index is 0.705. The molecular weight excluding hydrogens is 572 g/mol. The van der Waals surface area contributed by atoms with Crippen molar-refractivity contribution in [3.8, 4) is 56.2 Å². The summed E-state index contributed by atoms with van der Waals surface area (Å²) in [5.41, 5.74) is 11.1. The summed E-state index contributed by atoms with van der Waals surface area (Å²) in [6, 6.07) is 59.2. The van der Waals surface area contributed by atoms with Gasteiger partial charge in [-0.2, -0.15) is 0 Å². The largest absolute Gasteiger partial charge is 0.456 e. The highest BCUT2D eigenvalue weighted by atomic mass is 16.3. The van der Waals surface area contributed by atoms with Gasteiger partial charge in [-0.15, -0.1) is 0 Å². The number of nitrogens with zero attached hydrogens (tertiary/aromatic N) is 2. The summed E-state index contributed by atoms with van der Waals surface area (Å²) in [5.74, 6) is 0.705. The van der Waals surface area contributed by atoms with Crippen LogP contribution in [0.1, 0.15) is 0 Å². The average Bonchev–Trinajstić information content (AvgIpc) is 3.53. The Morgan fingerprint density at radius 3 is 1.74 bits per heavy atom. The first-order chi connectivity index (χ1) is 23.3. The van der Waals surface area contributed by atoms with Crippen molar-refractivity contribution in [3.05, 3.63) is 170 Å². The van der Waals surface area contributed by atoms with Gasteiger partial charge in [-0.3, -0.25) is 0 Å². The fourth-order valence-corrected chi connectivity index (χ4v) is 6.54. The second kappa shape index (κ2) is 11.2. The van der Waals surface area contributed by atoms with Gasteiger partial charge in [0.25, 0.3) is 0 Å². The van der Waals surface area contributed by atoms with Gasteiger partial charge in [0.15, 0.2) is 5.82 Å². The third-order valence-corrected chi connectivity index (χ3v) is 8.87. The van der Waals surface area contributed by atoms with Gasteiger partial charge in [-0.25, -0.2) is 9.97 Å². The molecule has 0 unspecified atom stereocenters. The number of fused-ring (bicyclic) bond motifs is 4. The molecule has 0 amide bonds. The molecule has 7 aromatic carbocycles. The smallest absolute Gasteiger partial charge is 0.161 e. The fourth-order valence-electron chi connectivity index (χ4n) is 6.54. The van der Waals surface area contributed by atoms with Crippen LogP contribution >= 0.6 is 0 Å². The molecule has 0 fully saturated rings. The summed E-state index contributed by atoms with van der Waals surface area (Å²) in [4.78, 5) is 10.4. The monoisotopic (exact) mass is 600 g/mol. The molecule has 9 rings (SSSR count). The van der Waals surface area contributed by atoms with Gasteiger partial charge < -0.3 is 4.42 Å². The molecule has 47 heavy (non-hydrogen) atoms. The first kappa shape index (κ1) is 27.0. The maximum atomic E-state index is 6.15. The van der Waals surface area contributed by atoms with Crippen molar-refractivity contribution in [3.63, 3.8) is 0 Å². The highest BCUT2D eigenvalue weighted by Crippen LogP contribution is 2.38. The molecule has 0 aliphatic rings. The van der Waals surface area contributed by atoms with Gasteiger partial charge in [0.05, 0.1) is 11.4 Å². The maximum Gasteiger partial charge on any atom is 0.161 e. The first-order valence-electron chi connectivity index (χ1n) is 15.8. The molecule has 0 N–H and O–H groups in total. The molecule has 0 aliphatic heterocycles. The average molecular weight is 601 g/mol. The lowest BCUT2D eigenvalue weighted by atomic mass is 9.94. The van der Waals surface area contributed by atoms with Crippen LogP contribution in [0, 0.1) is 0 Å². The predicted molar refractivity (Wildman–Crippen MR) is 194 cm³/mol. The van der Waals surface area contributed by atoms with E-state index in [-0.39, 0.29) is 0 Å². The Morgan fingerprint density at radius 1 is 0.340 bits per heavy atom. The van der Waals surface area contributed by atoms with E-state index in [0.29, 0.717) is 5.82 Å². The Morgan fingerprint density at radius 2 is 0.936 bits per heavy atom. The van der Waals surface area contributed by atoms with Crippen LogP contribution in [0.5, 0.6) is 0 Å². The number of hydrogen-bond donors (Lipinski definition) is 0. The van der Waals surface area contributed by atoms with Crippen LogP contribution in [0.15, 0.2) is 174 Å². The van der Waals surface area contributed by atoms with E-state index in [0.717, 1.165) is 83.0 Å². The topological polar surface area (TPSA) is 38.9 Å². The van der Waals surface area contributed by atoms with E-state index in [2.05, 4.69) is 152 Å². The number of rotatable bonds is 5. The standard InChI is InChI=1S/C44H28N2O/c1-3-12-29(13-4-1)33-24-34(32-22-23-43-39(27-32)37-19-9-10-21-42(37)47-43)26-35(25-33)41-28-40(31-15-5-2-6-16-31)45-44(46-41)38-20-11-17-30-14-7-8-18-36(30)38/h1-28H. The number of benzene rings is 7. The molecule has 0 atom stereocenters. The molecule has 2 aromatic heterocycles. The van der Waals surface area contributed by atoms with E-state index in [1.165, 1.54) is 0 Å². The second-order valence-corrected chi connectivity index (χ2v) is 11.8. The second-order valence-electron chi connectivity index (χ2n) is 11.8. The van der Waals surface area contributed by atoms with Crippen molar-refractivity contribution in [2.75, 3.05) is 0 Å². The van der Waals surface area contributed by atoms with Gasteiger partial charge in [0, 0.05) is 27.5 Å². The van der Waals surface area contributed by atoms with Crippen molar-refractivity contribution in [2.24, 2.45) is 0 Å². The van der Waals surface area contributed by atoms with Gasteiger partial charge in [0.1, 0.15) is 11.2 Å². The summed E-state index contributed by atoms with van der Waals surface area (Å²) in [6.45, 7) is 0. The molecule has 0 saturated carbocycles. The summed E-state index contributed by atoms with van der Waals surface area (Å²) >= 11 is 0. The van der Waals surface area contributed by atoms with Crippen LogP contribution in [-0.2, 0) is 0 Å². The molecule has 0 spiro atoms. The lowest BCUT2D eigenvalue weighted by Gasteiger charge is -2.14. The van der Waals surface area contributed by atoms with Crippen molar-refractivity contribution < 1.29 is 4.42 Å². The maximum absolute atomic E-state index is 6.15. The quantitative estimate of drug-likeness (QED) is 0.197. The Labute approximate surface area is 272 Å². The Hall–Kier alpha value is -6.32. The van der Waals surface area contributed by atoms with E-state index in [1.54, 1.807) is 0 Å². The van der Waals surface area contributed by atoms with Crippen LogP contribution in [0.3, 0.4) is 0 Å². The zero-order chi connectivity index (χ0) is 31.2. The van der Waals surface area contributed by atoms with E-state index in [1.807, 2.05) is 18.2 Å². The summed E-state index contributed by atoms with van der Waals surface area (Å²) in [5, 5.41) is 4.52. The molecule has 0 aliphatic carbocycles. The minimum Gasteiger partial charge on any atom is -0.456 e. The highest BCUT2D eigenvalue weighted by molar-refractivity contribution is 6.06. The number of para-hydroxylation sites is 1. The van der Waals surface area contributed by atoms with E-state index in [4.69, 9.17) is 14.4 Å². The van der Waals surface area contributed by atoms with Crippen molar-refractivity contribution in [1.82, 2.24) is 9.97 Å². The molecule has 0 radical (unpaired) electrons.